The second kappa shape index (κ2) is 4.44. The Morgan fingerprint density at radius 3 is 2.23 bits per heavy atom. The van der Waals surface area contributed by atoms with Gasteiger partial charge in [-0.15, -0.1) is 0 Å². The summed E-state index contributed by atoms with van der Waals surface area (Å²) >= 11 is 0. The first-order valence-electron chi connectivity index (χ1n) is 7.46. The summed E-state index contributed by atoms with van der Waals surface area (Å²) in [5, 5.41) is 0. The fourth-order valence-corrected chi connectivity index (χ4v) is 4.21. The molecule has 2 fully saturated rings. The molecule has 0 unspecified atom stereocenters. The lowest BCUT2D eigenvalue weighted by Gasteiger charge is -2.22. The van der Waals surface area contributed by atoms with Gasteiger partial charge in [-0.1, -0.05) is 29.8 Å². The number of alkyl halides is 3. The van der Waals surface area contributed by atoms with E-state index in [0.717, 1.165) is 12.0 Å². The quantitative estimate of drug-likeness (QED) is 0.791. The Morgan fingerprint density at radius 2 is 1.64 bits per heavy atom. The molecule has 2 nitrogen and oxygen atoms in total. The molecule has 2 heterocycles. The van der Waals surface area contributed by atoms with E-state index in [4.69, 9.17) is 4.74 Å². The molecule has 5 heteroatoms. The van der Waals surface area contributed by atoms with Gasteiger partial charge in [0.25, 0.3) is 0 Å². The molecular weight excluding hydrogens is 293 g/mol. The van der Waals surface area contributed by atoms with Crippen LogP contribution in [0.1, 0.15) is 24.0 Å². The second-order valence-corrected chi connectivity index (χ2v) is 6.36. The van der Waals surface area contributed by atoms with Gasteiger partial charge in [0.2, 0.25) is 0 Å². The summed E-state index contributed by atoms with van der Waals surface area (Å²) in [5.41, 5.74) is 0.666. The largest absolute Gasteiger partial charge is 0.420 e. The fourth-order valence-electron chi connectivity index (χ4n) is 4.21. The molecule has 4 rings (SSSR count). The molecule has 116 valence electrons. The molecular formula is C17H15F3O2. The summed E-state index contributed by atoms with van der Waals surface area (Å²) in [4.78, 5) is 12.4. The number of ketones is 1. The van der Waals surface area contributed by atoms with Gasteiger partial charge < -0.3 is 4.74 Å². The standard InChI is InChI=1S/C17H15F3O2/c1-8-2-4-9(5-3-8)12-13-10-6-7-11(22-10)14(13)16(21)15(12)17(18,19)20/h2-5,10-11,13-14H,6-7H2,1H3/t10-,11+,13+,14+/m0/s1. The molecule has 0 radical (unpaired) electrons. The number of ether oxygens (including phenoxy) is 1. The molecule has 2 bridgehead atoms. The van der Waals surface area contributed by atoms with E-state index in [-0.39, 0.29) is 17.8 Å². The van der Waals surface area contributed by atoms with Crippen molar-refractivity contribution in [2.24, 2.45) is 11.8 Å². The summed E-state index contributed by atoms with van der Waals surface area (Å²) in [5.74, 6) is -1.86. The lowest BCUT2D eigenvalue weighted by molar-refractivity contribution is -0.132. The highest BCUT2D eigenvalue weighted by Gasteiger charge is 2.62. The van der Waals surface area contributed by atoms with Gasteiger partial charge in [-0.3, -0.25) is 4.79 Å². The zero-order chi connectivity index (χ0) is 15.6. The van der Waals surface area contributed by atoms with E-state index in [2.05, 4.69) is 0 Å². The Hall–Kier alpha value is -1.62. The van der Waals surface area contributed by atoms with Crippen LogP contribution in [-0.4, -0.2) is 24.2 Å². The van der Waals surface area contributed by atoms with E-state index >= 15 is 0 Å². The van der Waals surface area contributed by atoms with Crippen molar-refractivity contribution in [3.05, 3.63) is 41.0 Å². The minimum atomic E-state index is -4.61. The Bertz CT molecular complexity index is 672. The number of aryl methyl sites for hydroxylation is 1. The minimum absolute atomic E-state index is 0.148. The van der Waals surface area contributed by atoms with Crippen molar-refractivity contribution in [3.8, 4) is 0 Å². The van der Waals surface area contributed by atoms with Crippen LogP contribution in [0.15, 0.2) is 29.8 Å². The molecule has 3 aliphatic rings. The highest BCUT2D eigenvalue weighted by Crippen LogP contribution is 2.57. The predicted molar refractivity (Wildman–Crippen MR) is 74.0 cm³/mol. The van der Waals surface area contributed by atoms with E-state index in [1.54, 1.807) is 24.3 Å². The molecule has 4 atom stereocenters. The molecule has 0 N–H and O–H groups in total. The number of hydrogen-bond acceptors (Lipinski definition) is 2. The summed E-state index contributed by atoms with van der Waals surface area (Å²) in [6, 6.07) is 6.92. The smallest absolute Gasteiger partial charge is 0.374 e. The molecule has 2 aliphatic heterocycles. The molecule has 1 aromatic carbocycles. The monoisotopic (exact) mass is 308 g/mol. The first kappa shape index (κ1) is 14.0. The van der Waals surface area contributed by atoms with Gasteiger partial charge in [0, 0.05) is 5.92 Å². The summed E-state index contributed by atoms with van der Waals surface area (Å²) in [6.45, 7) is 1.88. The van der Waals surface area contributed by atoms with Crippen LogP contribution in [0.5, 0.6) is 0 Å². The maximum Gasteiger partial charge on any atom is 0.420 e. The molecule has 0 amide bonds. The molecule has 1 aromatic rings. The maximum atomic E-state index is 13.5. The number of carbonyl (C=O) groups excluding carboxylic acids is 1. The number of hydrogen-bond donors (Lipinski definition) is 0. The van der Waals surface area contributed by atoms with Crippen LogP contribution in [0.4, 0.5) is 13.2 Å². The first-order chi connectivity index (χ1) is 10.4. The van der Waals surface area contributed by atoms with Crippen molar-refractivity contribution in [2.45, 2.75) is 38.1 Å². The lowest BCUT2D eigenvalue weighted by Crippen LogP contribution is -2.30. The number of allylic oxidation sites excluding steroid dienone is 1. The van der Waals surface area contributed by atoms with Gasteiger partial charge in [-0.25, -0.2) is 0 Å². The Morgan fingerprint density at radius 1 is 1.05 bits per heavy atom. The van der Waals surface area contributed by atoms with E-state index in [0.29, 0.717) is 12.0 Å². The van der Waals surface area contributed by atoms with Crippen LogP contribution in [-0.2, 0) is 9.53 Å². The zero-order valence-electron chi connectivity index (χ0n) is 12.0. The van der Waals surface area contributed by atoms with Gasteiger partial charge in [0.1, 0.15) is 5.57 Å². The Labute approximate surface area is 126 Å². The Balaban J connectivity index is 1.90. The zero-order valence-corrected chi connectivity index (χ0v) is 12.0. The number of Topliss-reactive ketones (excluding diaryl/α,β-unsaturated/α-hetero) is 1. The predicted octanol–water partition coefficient (Wildman–Crippen LogP) is 3.69. The van der Waals surface area contributed by atoms with Gasteiger partial charge in [-0.05, 0) is 30.9 Å². The fraction of sp³-hybridized carbons (Fsp3) is 0.471. The van der Waals surface area contributed by atoms with Crippen LogP contribution in [0, 0.1) is 18.8 Å². The van der Waals surface area contributed by atoms with Gasteiger partial charge in [0.05, 0.1) is 18.1 Å². The molecule has 22 heavy (non-hydrogen) atoms. The second-order valence-electron chi connectivity index (χ2n) is 6.36. The summed E-state index contributed by atoms with van der Waals surface area (Å²) < 4.78 is 46.2. The van der Waals surface area contributed by atoms with Crippen molar-refractivity contribution in [2.75, 3.05) is 0 Å². The highest BCUT2D eigenvalue weighted by molar-refractivity contribution is 6.11. The molecule has 0 saturated carbocycles. The van der Waals surface area contributed by atoms with Crippen molar-refractivity contribution in [1.82, 2.24) is 0 Å². The van der Waals surface area contributed by atoms with E-state index in [1.165, 1.54) is 0 Å². The van der Waals surface area contributed by atoms with E-state index in [1.807, 2.05) is 6.92 Å². The third kappa shape index (κ3) is 1.81. The van der Waals surface area contributed by atoms with Crippen molar-refractivity contribution in [3.63, 3.8) is 0 Å². The molecule has 0 aromatic heterocycles. The normalized spacial score (nSPS) is 33.7. The number of rotatable bonds is 1. The number of fused-ring (bicyclic) bond motifs is 5. The highest BCUT2D eigenvalue weighted by atomic mass is 19.4. The van der Waals surface area contributed by atoms with Gasteiger partial charge in [-0.2, -0.15) is 13.2 Å². The molecule has 0 spiro atoms. The van der Waals surface area contributed by atoms with E-state index in [9.17, 15) is 18.0 Å². The van der Waals surface area contributed by atoms with Gasteiger partial charge >= 0.3 is 6.18 Å². The van der Waals surface area contributed by atoms with Crippen molar-refractivity contribution >= 4 is 11.4 Å². The third-order valence-corrected chi connectivity index (χ3v) is 5.07. The Kier molecular flexibility index (Phi) is 2.83. The molecule has 2 saturated heterocycles. The van der Waals surface area contributed by atoms with Crippen molar-refractivity contribution in [1.29, 1.82) is 0 Å². The third-order valence-electron chi connectivity index (χ3n) is 5.07. The lowest BCUT2D eigenvalue weighted by atomic mass is 9.77. The average Bonchev–Trinajstić information content (AvgIpc) is 3.10. The van der Waals surface area contributed by atoms with Crippen LogP contribution >= 0.6 is 0 Å². The average molecular weight is 308 g/mol. The minimum Gasteiger partial charge on any atom is -0.374 e. The molecule has 1 aliphatic carbocycles. The summed E-state index contributed by atoms with van der Waals surface area (Å²) in [7, 11) is 0. The topological polar surface area (TPSA) is 26.3 Å². The maximum absolute atomic E-state index is 13.5. The first-order valence-corrected chi connectivity index (χ1v) is 7.46. The van der Waals surface area contributed by atoms with Crippen LogP contribution < -0.4 is 0 Å². The van der Waals surface area contributed by atoms with Crippen LogP contribution in [0.3, 0.4) is 0 Å². The number of carbonyl (C=O) groups is 1. The number of benzene rings is 1. The van der Waals surface area contributed by atoms with Crippen LogP contribution in [0.2, 0.25) is 0 Å². The van der Waals surface area contributed by atoms with Gasteiger partial charge in [0.15, 0.2) is 5.78 Å². The number of halogens is 3. The summed E-state index contributed by atoms with van der Waals surface area (Å²) in [6.07, 6.45) is -3.79. The van der Waals surface area contributed by atoms with E-state index < -0.39 is 29.4 Å². The van der Waals surface area contributed by atoms with Crippen molar-refractivity contribution < 1.29 is 22.7 Å². The SMILES string of the molecule is Cc1ccc(C2=C(C(F)(F)F)C(=O)[C@H]3[C@@H]2[C@@H]2CC[C@H]3O2)cc1. The van der Waals surface area contributed by atoms with Crippen LogP contribution in [0.25, 0.3) is 5.57 Å².